The molecule has 0 aromatic carbocycles. The normalized spacial score (nSPS) is 56.5. The van der Waals surface area contributed by atoms with Crippen molar-refractivity contribution in [3.63, 3.8) is 0 Å². The van der Waals surface area contributed by atoms with Gasteiger partial charge in [-0.3, -0.25) is 0 Å². The van der Waals surface area contributed by atoms with Crippen LogP contribution < -0.4 is 0 Å². The topological polar surface area (TPSA) is 334 Å². The first kappa shape index (κ1) is 57.1. The average molecular weight is 1060 g/mol. The third kappa shape index (κ3) is 9.08. The van der Waals surface area contributed by atoms with Crippen molar-refractivity contribution in [2.75, 3.05) is 13.2 Å². The van der Waals surface area contributed by atoms with E-state index in [1.165, 1.54) is 12.5 Å². The maximum atomic E-state index is 12.5. The van der Waals surface area contributed by atoms with E-state index in [9.17, 15) is 66.1 Å². The second-order valence-corrected chi connectivity index (χ2v) is 25.9. The summed E-state index contributed by atoms with van der Waals surface area (Å²) < 4.78 is 49.0. The lowest BCUT2D eigenvalue weighted by Gasteiger charge is -2.72. The third-order valence-corrected chi connectivity index (χ3v) is 21.2. The Morgan fingerprint density at radius 3 is 1.78 bits per heavy atom. The molecule has 0 unspecified atom stereocenters. The molecule has 4 saturated carbocycles. The van der Waals surface area contributed by atoms with Gasteiger partial charge in [0, 0.05) is 10.8 Å². The monoisotopic (exact) mass is 1060 g/mol. The lowest BCUT2D eigenvalue weighted by atomic mass is 9.33. The highest BCUT2D eigenvalue weighted by molar-refractivity contribution is 5.73. The number of aliphatic hydroxyl groups excluding tert-OH is 11. The number of hydrogen-bond acceptors (Lipinski definition) is 20. The molecule has 74 heavy (non-hydrogen) atoms. The van der Waals surface area contributed by atoms with Crippen LogP contribution in [-0.4, -0.2) is 209 Å². The number of carboxylic acids is 1. The standard InChI is InChI=1S/C53H86O21/c1-22-31(56)34(59)38(63)44(68-22)71-30-19-48(3,4)18-25-24-10-11-28-50(6)14-13-29(51(7,21-54)27(50)12-15-53(28,9)52(24,8)17-16-49(25,30)5)70-47-42(37(62)36(61)40(72-47)43(65)66)74-46-41(33(58)26(55)20-67-46)73-45-39(64)35(60)32(57)23(2)69-45/h10,22-23,25-42,44-47,54-64H,11-21H2,1-9H3,(H,65,66)/t22-,23-,25-,26+,27+,28+,29-,30+,31-,32-,33-,34+,35+,36-,37-,38+,39+,40-,41+,42+,44-,45-,46-,47+,49+,50-,51+,52+,53+/m0/s1. The molecule has 8 fully saturated rings. The maximum absolute atomic E-state index is 12.5. The van der Waals surface area contributed by atoms with Gasteiger partial charge in [-0.1, -0.05) is 60.1 Å². The van der Waals surface area contributed by atoms with Crippen LogP contribution in [0.25, 0.3) is 0 Å². The zero-order valence-electron chi connectivity index (χ0n) is 44.3. The predicted molar refractivity (Wildman–Crippen MR) is 256 cm³/mol. The molecule has 4 heterocycles. The molecule has 0 radical (unpaired) electrons. The van der Waals surface area contributed by atoms with Gasteiger partial charge in [-0.2, -0.15) is 0 Å². The first-order chi connectivity index (χ1) is 34.5. The van der Waals surface area contributed by atoms with Crippen LogP contribution in [0.4, 0.5) is 0 Å². The van der Waals surface area contributed by atoms with Crippen molar-refractivity contribution in [2.45, 2.75) is 249 Å². The molecule has 5 aliphatic carbocycles. The summed E-state index contributed by atoms with van der Waals surface area (Å²) in [5.41, 5.74) is -0.661. The van der Waals surface area contributed by atoms with Gasteiger partial charge >= 0.3 is 5.97 Å². The minimum atomic E-state index is -2.04. The third-order valence-electron chi connectivity index (χ3n) is 21.2. The molecule has 424 valence electrons. The number of allylic oxidation sites excluding steroid dienone is 2. The van der Waals surface area contributed by atoms with Gasteiger partial charge in [-0.05, 0) is 111 Å². The van der Waals surface area contributed by atoms with Crippen LogP contribution >= 0.6 is 0 Å². The summed E-state index contributed by atoms with van der Waals surface area (Å²) in [6.07, 6.45) is -21.5. The van der Waals surface area contributed by atoms with E-state index in [0.717, 1.165) is 44.9 Å². The van der Waals surface area contributed by atoms with Crippen LogP contribution in [-0.2, 0) is 42.7 Å². The van der Waals surface area contributed by atoms with Crippen LogP contribution in [0.5, 0.6) is 0 Å². The maximum Gasteiger partial charge on any atom is 0.335 e. The molecule has 0 amide bonds. The van der Waals surface area contributed by atoms with Crippen molar-refractivity contribution in [1.82, 2.24) is 0 Å². The lowest BCUT2D eigenvalue weighted by Crippen LogP contribution is -2.68. The minimum absolute atomic E-state index is 0.114. The van der Waals surface area contributed by atoms with Gasteiger partial charge < -0.3 is 99.2 Å². The van der Waals surface area contributed by atoms with Crippen LogP contribution in [0.1, 0.15) is 120 Å². The number of aliphatic carboxylic acids is 1. The number of hydrogen-bond donors (Lipinski definition) is 12. The summed E-state index contributed by atoms with van der Waals surface area (Å²) in [6.45, 7) is 18.2. The molecule has 4 aliphatic heterocycles. The van der Waals surface area contributed by atoms with E-state index in [0.29, 0.717) is 12.8 Å². The molecule has 0 spiro atoms. The zero-order valence-corrected chi connectivity index (χ0v) is 44.3. The molecule has 12 N–H and O–H groups in total. The van der Waals surface area contributed by atoms with Gasteiger partial charge in [-0.15, -0.1) is 0 Å². The second kappa shape index (κ2) is 20.2. The molecule has 4 saturated heterocycles. The molecule has 9 rings (SSSR count). The Hall–Kier alpha value is -1.55. The van der Waals surface area contributed by atoms with Crippen molar-refractivity contribution < 1.29 is 104 Å². The first-order valence-corrected chi connectivity index (χ1v) is 27.0. The van der Waals surface area contributed by atoms with E-state index in [-0.39, 0.29) is 57.5 Å². The van der Waals surface area contributed by atoms with E-state index >= 15 is 0 Å². The number of fused-ring (bicyclic) bond motifs is 7. The van der Waals surface area contributed by atoms with E-state index in [1.54, 1.807) is 6.92 Å². The molecular formula is C53H86O21. The van der Waals surface area contributed by atoms with Crippen LogP contribution in [0.2, 0.25) is 0 Å². The average Bonchev–Trinajstić information content (AvgIpc) is 3.34. The van der Waals surface area contributed by atoms with Crippen LogP contribution in [0, 0.1) is 50.2 Å². The molecular weight excluding hydrogens is 973 g/mol. The summed E-state index contributed by atoms with van der Waals surface area (Å²) in [5, 5.41) is 130. The fraction of sp³-hybridized carbons (Fsp3) is 0.943. The quantitative estimate of drug-likeness (QED) is 0.103. The number of rotatable bonds is 10. The first-order valence-electron chi connectivity index (χ1n) is 27.0. The number of carbonyl (C=O) groups is 1. The van der Waals surface area contributed by atoms with E-state index in [4.69, 9.17) is 37.9 Å². The van der Waals surface area contributed by atoms with Crippen LogP contribution in [0.3, 0.4) is 0 Å². The van der Waals surface area contributed by atoms with Crippen molar-refractivity contribution in [2.24, 2.45) is 50.2 Å². The smallest absolute Gasteiger partial charge is 0.335 e. The van der Waals surface area contributed by atoms with Crippen molar-refractivity contribution in [3.05, 3.63) is 11.6 Å². The fourth-order valence-corrected chi connectivity index (χ4v) is 16.3. The Morgan fingerprint density at radius 2 is 1.18 bits per heavy atom. The van der Waals surface area contributed by atoms with Gasteiger partial charge in [-0.25, -0.2) is 4.79 Å². The highest BCUT2D eigenvalue weighted by Crippen LogP contribution is 2.76. The highest BCUT2D eigenvalue weighted by atomic mass is 16.8. The van der Waals surface area contributed by atoms with Crippen molar-refractivity contribution in [3.8, 4) is 0 Å². The van der Waals surface area contributed by atoms with Gasteiger partial charge in [0.25, 0.3) is 0 Å². The van der Waals surface area contributed by atoms with Gasteiger partial charge in [0.05, 0.1) is 37.6 Å². The molecule has 0 aromatic rings. The van der Waals surface area contributed by atoms with Crippen molar-refractivity contribution in [1.29, 1.82) is 0 Å². The van der Waals surface area contributed by atoms with Crippen LogP contribution in [0.15, 0.2) is 11.6 Å². The minimum Gasteiger partial charge on any atom is -0.479 e. The van der Waals surface area contributed by atoms with Gasteiger partial charge in [0.15, 0.2) is 31.3 Å². The summed E-state index contributed by atoms with van der Waals surface area (Å²) in [7, 11) is 0. The Bertz CT molecular complexity index is 2060. The molecule has 9 aliphatic rings. The Kier molecular flexibility index (Phi) is 15.6. The number of carboxylic acid groups (broad SMARTS) is 1. The fourth-order valence-electron chi connectivity index (χ4n) is 16.3. The van der Waals surface area contributed by atoms with E-state index < -0.39 is 141 Å². The Balaban J connectivity index is 0.968. The van der Waals surface area contributed by atoms with E-state index in [2.05, 4.69) is 47.6 Å². The summed E-state index contributed by atoms with van der Waals surface area (Å²) in [5.74, 6) is -1.37. The Labute approximate surface area is 433 Å². The number of ether oxygens (including phenoxy) is 8. The van der Waals surface area contributed by atoms with Gasteiger partial charge in [0.1, 0.15) is 73.2 Å². The number of aliphatic hydroxyl groups is 11. The Morgan fingerprint density at radius 1 is 0.595 bits per heavy atom. The molecule has 0 aromatic heterocycles. The molecule has 21 nitrogen and oxygen atoms in total. The molecule has 0 bridgehead atoms. The SMILES string of the molecule is C[C@@H]1O[C@@H](O[C@H]2[C@H](O[C@H]3[C@H](O[C@H]4CC[C@@]5(C)[C@@H](CC[C@]6(C)[C@@H]5CC=C5[C@@H]7CC(C)(C)C[C@@H](O[C@@H]8O[C@@H](C)[C@H](O)[C@@H](O)[C@H]8O)[C@]7(C)CC[C@]56C)[C@@]4(C)CO)O[C@H](C(=O)O)[C@@H](O)[C@@H]3O)OC[C@@H](O)[C@@H]2O)[C@H](O)[C@H](O)[C@H]1O. The van der Waals surface area contributed by atoms with Gasteiger partial charge in [0.2, 0.25) is 0 Å². The van der Waals surface area contributed by atoms with E-state index in [1.807, 2.05) is 6.92 Å². The predicted octanol–water partition coefficient (Wildman–Crippen LogP) is 0.196. The second-order valence-electron chi connectivity index (χ2n) is 25.9. The van der Waals surface area contributed by atoms with Crippen molar-refractivity contribution >= 4 is 5.97 Å². The molecule has 29 atom stereocenters. The highest BCUT2D eigenvalue weighted by Gasteiger charge is 2.70. The summed E-state index contributed by atoms with van der Waals surface area (Å²) in [4.78, 5) is 12.5. The lowest BCUT2D eigenvalue weighted by molar-refractivity contribution is -0.387. The summed E-state index contributed by atoms with van der Waals surface area (Å²) >= 11 is 0. The summed E-state index contributed by atoms with van der Waals surface area (Å²) in [6, 6.07) is 0. The largest absolute Gasteiger partial charge is 0.479 e. The zero-order chi connectivity index (χ0) is 54.2. The molecule has 21 heteroatoms.